The Morgan fingerprint density at radius 2 is 2.25 bits per heavy atom. The quantitative estimate of drug-likeness (QED) is 0.736. The van der Waals surface area contributed by atoms with E-state index < -0.39 is 12.0 Å². The van der Waals surface area contributed by atoms with Gasteiger partial charge in [-0.3, -0.25) is 4.79 Å². The van der Waals surface area contributed by atoms with Crippen molar-refractivity contribution in [3.63, 3.8) is 0 Å². The first kappa shape index (κ1) is 12.6. The molecule has 0 radical (unpaired) electrons. The summed E-state index contributed by atoms with van der Waals surface area (Å²) in [7, 11) is 1.40. The van der Waals surface area contributed by atoms with Gasteiger partial charge in [0.2, 0.25) is 0 Å². The molecule has 0 saturated heterocycles. The average Bonchev–Trinajstić information content (AvgIpc) is 2.25. The molecular formula is C10H12ClNO4. The third kappa shape index (κ3) is 2.56. The number of phenols is 1. The van der Waals surface area contributed by atoms with Crippen molar-refractivity contribution in [1.82, 2.24) is 0 Å². The Kier molecular flexibility index (Phi) is 3.98. The lowest BCUT2D eigenvalue weighted by molar-refractivity contribution is -0.138. The number of carbonyl (C=O) groups is 1. The Morgan fingerprint density at radius 1 is 1.62 bits per heavy atom. The van der Waals surface area contributed by atoms with E-state index in [1.54, 1.807) is 6.07 Å². The second-order valence-corrected chi connectivity index (χ2v) is 3.62. The molecule has 1 atom stereocenters. The van der Waals surface area contributed by atoms with Crippen molar-refractivity contribution in [3.05, 3.63) is 22.7 Å². The van der Waals surface area contributed by atoms with Gasteiger partial charge >= 0.3 is 5.97 Å². The number of carboxylic acids is 1. The fourth-order valence-corrected chi connectivity index (χ4v) is 1.47. The van der Waals surface area contributed by atoms with E-state index in [2.05, 4.69) is 0 Å². The molecule has 0 fully saturated rings. The van der Waals surface area contributed by atoms with Crippen molar-refractivity contribution in [1.29, 1.82) is 0 Å². The third-order valence-corrected chi connectivity index (χ3v) is 2.56. The first-order valence-electron chi connectivity index (χ1n) is 4.50. The van der Waals surface area contributed by atoms with Gasteiger partial charge in [0.1, 0.15) is 6.04 Å². The van der Waals surface area contributed by atoms with E-state index >= 15 is 0 Å². The van der Waals surface area contributed by atoms with Crippen LogP contribution in [0.25, 0.3) is 0 Å². The summed E-state index contributed by atoms with van der Waals surface area (Å²) in [4.78, 5) is 10.6. The lowest BCUT2D eigenvalue weighted by Gasteiger charge is -2.11. The number of methoxy groups -OCH3 is 1. The molecule has 1 rings (SSSR count). The van der Waals surface area contributed by atoms with Crippen LogP contribution in [0.1, 0.15) is 5.56 Å². The Balaban J connectivity index is 2.99. The largest absolute Gasteiger partial charge is 0.503 e. The number of benzene rings is 1. The predicted molar refractivity (Wildman–Crippen MR) is 59.0 cm³/mol. The Bertz CT molecular complexity index is 408. The highest BCUT2D eigenvalue weighted by atomic mass is 35.5. The average molecular weight is 246 g/mol. The molecule has 16 heavy (non-hydrogen) atoms. The number of hydrogen-bond acceptors (Lipinski definition) is 4. The second kappa shape index (κ2) is 5.05. The van der Waals surface area contributed by atoms with E-state index in [9.17, 15) is 9.90 Å². The van der Waals surface area contributed by atoms with E-state index in [0.29, 0.717) is 5.56 Å². The number of phenolic OH excluding ortho intramolecular Hbond substituents is 1. The molecule has 1 aromatic rings. The summed E-state index contributed by atoms with van der Waals surface area (Å²) in [5.74, 6) is -1.09. The van der Waals surface area contributed by atoms with Crippen LogP contribution >= 0.6 is 11.6 Å². The van der Waals surface area contributed by atoms with Gasteiger partial charge in [-0.15, -0.1) is 0 Å². The van der Waals surface area contributed by atoms with Crippen molar-refractivity contribution >= 4 is 17.6 Å². The minimum absolute atomic E-state index is 0.0473. The Labute approximate surface area is 97.4 Å². The predicted octanol–water partition coefficient (Wildman–Crippen LogP) is 1.01. The number of halogens is 1. The monoisotopic (exact) mass is 245 g/mol. The highest BCUT2D eigenvalue weighted by Gasteiger charge is 2.17. The van der Waals surface area contributed by atoms with E-state index in [0.717, 1.165) is 0 Å². The maximum Gasteiger partial charge on any atom is 0.320 e. The number of hydrogen-bond donors (Lipinski definition) is 3. The summed E-state index contributed by atoms with van der Waals surface area (Å²) in [6, 6.07) is 2.03. The molecule has 88 valence electrons. The van der Waals surface area contributed by atoms with E-state index in [1.807, 2.05) is 0 Å². The van der Waals surface area contributed by atoms with Crippen LogP contribution in [0.3, 0.4) is 0 Å². The lowest BCUT2D eigenvalue weighted by atomic mass is 10.1. The summed E-state index contributed by atoms with van der Waals surface area (Å²) in [5, 5.41) is 18.3. The Morgan fingerprint density at radius 3 is 2.75 bits per heavy atom. The minimum Gasteiger partial charge on any atom is -0.503 e. The zero-order valence-electron chi connectivity index (χ0n) is 8.61. The molecule has 4 N–H and O–H groups in total. The number of carboxylic acid groups (broad SMARTS) is 1. The van der Waals surface area contributed by atoms with E-state index in [-0.39, 0.29) is 22.9 Å². The zero-order chi connectivity index (χ0) is 12.3. The van der Waals surface area contributed by atoms with Crippen LogP contribution in [0.2, 0.25) is 5.02 Å². The van der Waals surface area contributed by atoms with Crippen LogP contribution in [0, 0.1) is 0 Å². The van der Waals surface area contributed by atoms with Gasteiger partial charge in [0, 0.05) is 0 Å². The smallest absolute Gasteiger partial charge is 0.320 e. The van der Waals surface area contributed by atoms with Crippen LogP contribution in [0.5, 0.6) is 11.5 Å². The standard InChI is InChI=1S/C10H12ClNO4/c1-16-7-3-2-5(8(11)9(7)13)4-6(12)10(14)15/h2-3,6,13H,4,12H2,1H3,(H,14,15). The number of ether oxygens (including phenoxy) is 1. The van der Waals surface area contributed by atoms with E-state index in [4.69, 9.17) is 27.2 Å². The van der Waals surface area contributed by atoms with Gasteiger partial charge in [-0.05, 0) is 18.1 Å². The first-order chi connectivity index (χ1) is 7.47. The van der Waals surface area contributed by atoms with Gasteiger partial charge in [0.15, 0.2) is 11.5 Å². The van der Waals surface area contributed by atoms with Crippen molar-refractivity contribution in [2.24, 2.45) is 5.73 Å². The molecule has 0 saturated carbocycles. The molecule has 0 spiro atoms. The summed E-state index contributed by atoms with van der Waals surface area (Å²) < 4.78 is 4.85. The van der Waals surface area contributed by atoms with Gasteiger partial charge in [0.25, 0.3) is 0 Å². The van der Waals surface area contributed by atoms with Crippen LogP contribution in [0.4, 0.5) is 0 Å². The number of aliphatic carboxylic acids is 1. The third-order valence-electron chi connectivity index (χ3n) is 2.14. The van der Waals surface area contributed by atoms with E-state index in [1.165, 1.54) is 13.2 Å². The van der Waals surface area contributed by atoms with Crippen LogP contribution in [-0.4, -0.2) is 29.3 Å². The molecule has 0 heterocycles. The second-order valence-electron chi connectivity index (χ2n) is 3.24. The van der Waals surface area contributed by atoms with Crippen molar-refractivity contribution in [2.45, 2.75) is 12.5 Å². The number of rotatable bonds is 4. The molecule has 0 amide bonds. The summed E-state index contributed by atoms with van der Waals surface area (Å²) in [5.41, 5.74) is 5.83. The van der Waals surface area contributed by atoms with Crippen LogP contribution in [-0.2, 0) is 11.2 Å². The summed E-state index contributed by atoms with van der Waals surface area (Å²) in [6.45, 7) is 0. The van der Waals surface area contributed by atoms with Crippen molar-refractivity contribution in [3.8, 4) is 11.5 Å². The topological polar surface area (TPSA) is 92.8 Å². The SMILES string of the molecule is COc1ccc(CC(N)C(=O)O)c(Cl)c1O. The summed E-state index contributed by atoms with van der Waals surface area (Å²) >= 11 is 5.85. The van der Waals surface area contributed by atoms with Crippen LogP contribution < -0.4 is 10.5 Å². The molecule has 0 aliphatic carbocycles. The van der Waals surface area contributed by atoms with Crippen molar-refractivity contribution < 1.29 is 19.7 Å². The van der Waals surface area contributed by atoms with Gasteiger partial charge in [-0.1, -0.05) is 17.7 Å². The fraction of sp³-hybridized carbons (Fsp3) is 0.300. The molecular weight excluding hydrogens is 234 g/mol. The highest BCUT2D eigenvalue weighted by molar-refractivity contribution is 6.33. The Hall–Kier alpha value is -1.46. The molecule has 1 aromatic carbocycles. The normalized spacial score (nSPS) is 12.2. The molecule has 5 nitrogen and oxygen atoms in total. The van der Waals surface area contributed by atoms with Gasteiger partial charge in [0.05, 0.1) is 12.1 Å². The first-order valence-corrected chi connectivity index (χ1v) is 4.88. The molecule has 0 aliphatic heterocycles. The molecule has 0 bridgehead atoms. The van der Waals surface area contributed by atoms with Crippen molar-refractivity contribution in [2.75, 3.05) is 7.11 Å². The molecule has 6 heteroatoms. The molecule has 0 aliphatic rings. The van der Waals surface area contributed by atoms with Gasteiger partial charge in [-0.25, -0.2) is 0 Å². The molecule has 0 aromatic heterocycles. The number of nitrogens with two attached hydrogens (primary N) is 1. The summed E-state index contributed by atoms with van der Waals surface area (Å²) in [6.07, 6.45) is 0.0473. The minimum atomic E-state index is -1.12. The molecule has 1 unspecified atom stereocenters. The highest BCUT2D eigenvalue weighted by Crippen LogP contribution is 2.36. The lowest BCUT2D eigenvalue weighted by Crippen LogP contribution is -2.32. The van der Waals surface area contributed by atoms with Crippen LogP contribution in [0.15, 0.2) is 12.1 Å². The fourth-order valence-electron chi connectivity index (χ4n) is 1.24. The maximum absolute atomic E-state index is 10.6. The number of aromatic hydroxyl groups is 1. The zero-order valence-corrected chi connectivity index (χ0v) is 9.36. The maximum atomic E-state index is 10.6. The van der Waals surface area contributed by atoms with Gasteiger partial charge in [-0.2, -0.15) is 0 Å². The van der Waals surface area contributed by atoms with Gasteiger partial charge < -0.3 is 20.7 Å².